The maximum Gasteiger partial charge on any atom is 0.338 e. The highest BCUT2D eigenvalue weighted by molar-refractivity contribution is 5.93. The van der Waals surface area contributed by atoms with Gasteiger partial charge in [-0.1, -0.05) is 17.3 Å². The number of fused-ring (bicyclic) bond motifs is 1. The molecule has 1 aromatic heterocycles. The summed E-state index contributed by atoms with van der Waals surface area (Å²) in [5.41, 5.74) is 3.39. The van der Waals surface area contributed by atoms with Crippen LogP contribution in [0.25, 0.3) is 11.0 Å². The molecule has 3 aromatic rings. The lowest BCUT2D eigenvalue weighted by molar-refractivity contribution is 0.0473. The molecule has 0 aliphatic rings. The van der Waals surface area contributed by atoms with E-state index in [4.69, 9.17) is 10.00 Å². The lowest BCUT2D eigenvalue weighted by Crippen LogP contribution is -2.05. The number of aryl methyl sites for hydroxylation is 1. The molecule has 2 aromatic carbocycles. The van der Waals surface area contributed by atoms with Crippen molar-refractivity contribution in [1.82, 2.24) is 15.0 Å². The molecule has 0 fully saturated rings. The van der Waals surface area contributed by atoms with E-state index in [0.717, 1.165) is 17.6 Å². The Morgan fingerprint density at radius 1 is 1.26 bits per heavy atom. The molecule has 0 unspecified atom stereocenters. The number of benzene rings is 2. The van der Waals surface area contributed by atoms with Crippen molar-refractivity contribution in [3.63, 3.8) is 0 Å². The zero-order chi connectivity index (χ0) is 16.2. The van der Waals surface area contributed by atoms with Crippen LogP contribution in [0, 0.1) is 11.3 Å². The molecule has 114 valence electrons. The maximum atomic E-state index is 12.1. The fourth-order valence-corrected chi connectivity index (χ4v) is 2.24. The Balaban J connectivity index is 1.71. The van der Waals surface area contributed by atoms with E-state index in [1.54, 1.807) is 41.1 Å². The summed E-state index contributed by atoms with van der Waals surface area (Å²) < 4.78 is 7.06. The molecule has 0 aliphatic heterocycles. The fraction of sp³-hybridized carbons (Fsp3) is 0.176. The molecule has 1 heterocycles. The van der Waals surface area contributed by atoms with Crippen molar-refractivity contribution in [3.8, 4) is 6.07 Å². The van der Waals surface area contributed by atoms with E-state index < -0.39 is 5.97 Å². The molecule has 0 bridgehead atoms. The number of hydrogen-bond donors (Lipinski definition) is 0. The number of nitriles is 1. The molecule has 0 saturated heterocycles. The van der Waals surface area contributed by atoms with Crippen molar-refractivity contribution >= 4 is 17.0 Å². The Hall–Kier alpha value is -3.20. The van der Waals surface area contributed by atoms with E-state index in [0.29, 0.717) is 16.6 Å². The Kier molecular flexibility index (Phi) is 4.02. The first-order valence-corrected chi connectivity index (χ1v) is 7.20. The molecular weight excluding hydrogens is 292 g/mol. The van der Waals surface area contributed by atoms with Crippen LogP contribution in [0.1, 0.15) is 28.4 Å². The van der Waals surface area contributed by atoms with Crippen molar-refractivity contribution in [2.45, 2.75) is 20.1 Å². The SMILES string of the molecule is CCn1nnc2cc(C(=O)OCc3ccc(C#N)cc3)ccc21. The lowest BCUT2D eigenvalue weighted by Gasteiger charge is -2.05. The molecule has 0 amide bonds. The number of hydrogen-bond acceptors (Lipinski definition) is 5. The first kappa shape index (κ1) is 14.7. The largest absolute Gasteiger partial charge is 0.457 e. The van der Waals surface area contributed by atoms with Crippen molar-refractivity contribution in [3.05, 3.63) is 59.2 Å². The van der Waals surface area contributed by atoms with E-state index in [9.17, 15) is 4.79 Å². The van der Waals surface area contributed by atoms with Gasteiger partial charge in [0, 0.05) is 6.54 Å². The predicted molar refractivity (Wildman–Crippen MR) is 83.5 cm³/mol. The normalized spacial score (nSPS) is 10.4. The first-order valence-electron chi connectivity index (χ1n) is 7.20. The fourth-order valence-electron chi connectivity index (χ4n) is 2.24. The van der Waals surface area contributed by atoms with Gasteiger partial charge in [-0.25, -0.2) is 9.48 Å². The van der Waals surface area contributed by atoms with Gasteiger partial charge in [0.05, 0.1) is 22.7 Å². The summed E-state index contributed by atoms with van der Waals surface area (Å²) in [5, 5.41) is 16.8. The first-order chi connectivity index (χ1) is 11.2. The third-order valence-electron chi connectivity index (χ3n) is 3.50. The standard InChI is InChI=1S/C17H14N4O2/c1-2-21-16-8-7-14(9-15(16)19-20-21)17(22)23-11-13-5-3-12(10-18)4-6-13/h3-9H,2,11H2,1H3. The van der Waals surface area contributed by atoms with Crippen LogP contribution in [-0.2, 0) is 17.9 Å². The van der Waals surface area contributed by atoms with Crippen LogP contribution in [0.5, 0.6) is 0 Å². The minimum absolute atomic E-state index is 0.157. The molecule has 3 rings (SSSR count). The highest BCUT2D eigenvalue weighted by Gasteiger charge is 2.11. The molecule has 6 heteroatoms. The summed E-state index contributed by atoms with van der Waals surface area (Å²) in [5.74, 6) is -0.415. The van der Waals surface area contributed by atoms with Crippen LogP contribution in [0.4, 0.5) is 0 Å². The van der Waals surface area contributed by atoms with E-state index >= 15 is 0 Å². The minimum atomic E-state index is -0.415. The molecule has 0 radical (unpaired) electrons. The average molecular weight is 306 g/mol. The van der Waals surface area contributed by atoms with Gasteiger partial charge >= 0.3 is 5.97 Å². The lowest BCUT2D eigenvalue weighted by atomic mass is 10.1. The highest BCUT2D eigenvalue weighted by atomic mass is 16.5. The molecule has 0 aliphatic carbocycles. The Morgan fingerprint density at radius 3 is 2.74 bits per heavy atom. The monoisotopic (exact) mass is 306 g/mol. The number of carbonyl (C=O) groups is 1. The Labute approximate surface area is 132 Å². The van der Waals surface area contributed by atoms with Gasteiger partial charge in [-0.15, -0.1) is 5.10 Å². The molecule has 0 saturated carbocycles. The van der Waals surface area contributed by atoms with E-state index in [1.807, 2.05) is 19.1 Å². The number of ether oxygens (including phenoxy) is 1. The van der Waals surface area contributed by atoms with Crippen LogP contribution in [0.2, 0.25) is 0 Å². The zero-order valence-corrected chi connectivity index (χ0v) is 12.6. The van der Waals surface area contributed by atoms with Gasteiger partial charge in [-0.2, -0.15) is 5.26 Å². The van der Waals surface area contributed by atoms with Crippen LogP contribution >= 0.6 is 0 Å². The molecule has 6 nitrogen and oxygen atoms in total. The molecular formula is C17H14N4O2. The van der Waals surface area contributed by atoms with Crippen LogP contribution in [-0.4, -0.2) is 21.0 Å². The summed E-state index contributed by atoms with van der Waals surface area (Å²) in [6.07, 6.45) is 0. The molecule has 0 spiro atoms. The van der Waals surface area contributed by atoms with Gasteiger partial charge in [-0.05, 0) is 42.8 Å². The summed E-state index contributed by atoms with van der Waals surface area (Å²) >= 11 is 0. The molecule has 23 heavy (non-hydrogen) atoms. The van der Waals surface area contributed by atoms with E-state index in [1.165, 1.54) is 0 Å². The average Bonchev–Trinajstić information content (AvgIpc) is 3.02. The number of esters is 1. The predicted octanol–water partition coefficient (Wildman–Crippen LogP) is 2.68. The maximum absolute atomic E-state index is 12.1. The smallest absolute Gasteiger partial charge is 0.338 e. The number of nitrogens with zero attached hydrogens (tertiary/aromatic N) is 4. The highest BCUT2D eigenvalue weighted by Crippen LogP contribution is 2.15. The zero-order valence-electron chi connectivity index (χ0n) is 12.6. The number of rotatable bonds is 4. The van der Waals surface area contributed by atoms with Gasteiger partial charge in [0.15, 0.2) is 0 Å². The van der Waals surface area contributed by atoms with Crippen LogP contribution in [0.3, 0.4) is 0 Å². The van der Waals surface area contributed by atoms with Crippen LogP contribution < -0.4 is 0 Å². The van der Waals surface area contributed by atoms with Gasteiger partial charge < -0.3 is 4.74 Å². The van der Waals surface area contributed by atoms with Gasteiger partial charge in [-0.3, -0.25) is 0 Å². The van der Waals surface area contributed by atoms with Crippen molar-refractivity contribution in [2.75, 3.05) is 0 Å². The quantitative estimate of drug-likeness (QED) is 0.692. The van der Waals surface area contributed by atoms with Crippen LogP contribution in [0.15, 0.2) is 42.5 Å². The summed E-state index contributed by atoms with van der Waals surface area (Å²) in [6.45, 7) is 2.86. The van der Waals surface area contributed by atoms with Crippen molar-refractivity contribution in [1.29, 1.82) is 5.26 Å². The second-order valence-electron chi connectivity index (χ2n) is 4.99. The Morgan fingerprint density at radius 2 is 2.04 bits per heavy atom. The van der Waals surface area contributed by atoms with E-state index in [2.05, 4.69) is 10.3 Å². The third kappa shape index (κ3) is 3.04. The summed E-state index contributed by atoms with van der Waals surface area (Å²) in [7, 11) is 0. The third-order valence-corrected chi connectivity index (χ3v) is 3.50. The second-order valence-corrected chi connectivity index (χ2v) is 4.99. The number of carbonyl (C=O) groups excluding carboxylic acids is 1. The number of aromatic nitrogens is 3. The summed E-state index contributed by atoms with van der Waals surface area (Å²) in [4.78, 5) is 12.1. The molecule has 0 atom stereocenters. The van der Waals surface area contributed by atoms with Crippen molar-refractivity contribution in [2.24, 2.45) is 0 Å². The topological polar surface area (TPSA) is 80.8 Å². The van der Waals surface area contributed by atoms with E-state index in [-0.39, 0.29) is 6.61 Å². The van der Waals surface area contributed by atoms with Gasteiger partial charge in [0.25, 0.3) is 0 Å². The second kappa shape index (κ2) is 6.28. The molecule has 0 N–H and O–H groups in total. The van der Waals surface area contributed by atoms with Gasteiger partial charge in [0.2, 0.25) is 0 Å². The minimum Gasteiger partial charge on any atom is -0.457 e. The van der Waals surface area contributed by atoms with Crippen molar-refractivity contribution < 1.29 is 9.53 Å². The Bertz CT molecular complexity index is 891. The van der Waals surface area contributed by atoms with Gasteiger partial charge in [0.1, 0.15) is 12.1 Å². The summed E-state index contributed by atoms with van der Waals surface area (Å²) in [6, 6.07) is 14.2.